The van der Waals surface area contributed by atoms with E-state index in [1.165, 1.54) is 24.3 Å². The second-order valence-electron chi connectivity index (χ2n) is 2.89. The van der Waals surface area contributed by atoms with Gasteiger partial charge in [0.1, 0.15) is 5.56 Å². The molecule has 0 N–H and O–H groups in total. The normalized spacial score (nSPS) is 9.62. The molecular weight excluding hydrogens is 236 g/mol. The topological polar surface area (TPSA) is 80.5 Å². The third-order valence-corrected chi connectivity index (χ3v) is 2.15. The Hall–Kier alpha value is -1.95. The van der Waals surface area contributed by atoms with E-state index in [9.17, 15) is 19.7 Å². The average molecular weight is 243 g/mol. The zero-order valence-corrected chi connectivity index (χ0v) is 8.97. The van der Waals surface area contributed by atoms with Gasteiger partial charge in [-0.2, -0.15) is 0 Å². The summed E-state index contributed by atoms with van der Waals surface area (Å²) in [7, 11) is 1.15. The molecule has 1 rings (SSSR count). The largest absolute Gasteiger partial charge is 0.323 e. The predicted molar refractivity (Wildman–Crippen MR) is 56.4 cm³/mol. The maximum Gasteiger partial charge on any atom is 0.323 e. The number of hydrogen-bond donors (Lipinski definition) is 0. The van der Waals surface area contributed by atoms with Crippen molar-refractivity contribution in [3.63, 3.8) is 0 Å². The lowest BCUT2D eigenvalue weighted by Gasteiger charge is -2.10. The van der Waals surface area contributed by atoms with Crippen LogP contribution in [0.4, 0.5) is 10.5 Å². The van der Waals surface area contributed by atoms with E-state index in [0.717, 1.165) is 7.05 Å². The van der Waals surface area contributed by atoms with Crippen molar-refractivity contribution in [2.45, 2.75) is 0 Å². The fourth-order valence-corrected chi connectivity index (χ4v) is 1.15. The number of carbonyl (C=O) groups is 2. The molecule has 0 atom stereocenters. The second kappa shape index (κ2) is 4.71. The summed E-state index contributed by atoms with van der Waals surface area (Å²) in [5.41, 5.74) is -0.540. The number of carbonyl (C=O) groups excluding carboxylic acids is 2. The van der Waals surface area contributed by atoms with Crippen LogP contribution in [-0.4, -0.2) is 28.1 Å². The van der Waals surface area contributed by atoms with E-state index in [1.807, 2.05) is 0 Å². The Labute approximate surface area is 95.6 Å². The van der Waals surface area contributed by atoms with Crippen molar-refractivity contribution in [1.29, 1.82) is 0 Å². The molecule has 0 aliphatic rings. The number of nitro groups is 1. The van der Waals surface area contributed by atoms with Crippen molar-refractivity contribution in [3.8, 4) is 0 Å². The number of nitro benzene ring substituents is 1. The summed E-state index contributed by atoms with van der Waals surface area (Å²) in [5.74, 6) is -0.813. The SMILES string of the molecule is CN(C(=O)Cl)C(=O)c1ccccc1[N+](=O)[O-]. The van der Waals surface area contributed by atoms with E-state index in [4.69, 9.17) is 11.6 Å². The number of halogens is 1. The minimum Gasteiger partial charge on any atom is -0.268 e. The van der Waals surface area contributed by atoms with Gasteiger partial charge < -0.3 is 0 Å². The molecule has 0 saturated heterocycles. The first-order valence-electron chi connectivity index (χ1n) is 4.16. The molecule has 0 aliphatic heterocycles. The molecule has 1 aromatic rings. The highest BCUT2D eigenvalue weighted by atomic mass is 35.5. The van der Waals surface area contributed by atoms with Gasteiger partial charge in [-0.3, -0.25) is 24.6 Å². The molecule has 0 spiro atoms. The Bertz CT molecular complexity index is 461. The van der Waals surface area contributed by atoms with Crippen LogP contribution in [0.5, 0.6) is 0 Å². The van der Waals surface area contributed by atoms with Crippen LogP contribution >= 0.6 is 11.6 Å². The first-order chi connectivity index (χ1) is 7.45. The smallest absolute Gasteiger partial charge is 0.268 e. The fraction of sp³-hybridized carbons (Fsp3) is 0.111. The summed E-state index contributed by atoms with van der Waals surface area (Å²) >= 11 is 5.10. The molecule has 0 radical (unpaired) electrons. The highest BCUT2D eigenvalue weighted by Gasteiger charge is 2.24. The first kappa shape index (κ1) is 12.1. The van der Waals surface area contributed by atoms with Crippen LogP contribution < -0.4 is 0 Å². The highest BCUT2D eigenvalue weighted by molar-refractivity contribution is 6.64. The van der Waals surface area contributed by atoms with Gasteiger partial charge in [0.25, 0.3) is 11.6 Å². The number of rotatable bonds is 2. The molecule has 7 heteroatoms. The van der Waals surface area contributed by atoms with Crippen LogP contribution in [0.1, 0.15) is 10.4 Å². The molecular formula is C9H7ClN2O4. The average Bonchev–Trinajstić information content (AvgIpc) is 2.26. The van der Waals surface area contributed by atoms with Gasteiger partial charge in [0.05, 0.1) is 4.92 Å². The van der Waals surface area contributed by atoms with Crippen LogP contribution in [0.15, 0.2) is 24.3 Å². The highest BCUT2D eigenvalue weighted by Crippen LogP contribution is 2.19. The third kappa shape index (κ3) is 2.34. The van der Waals surface area contributed by atoms with Gasteiger partial charge in [0.15, 0.2) is 0 Å². The van der Waals surface area contributed by atoms with Gasteiger partial charge in [-0.25, -0.2) is 0 Å². The summed E-state index contributed by atoms with van der Waals surface area (Å²) in [6.45, 7) is 0. The van der Waals surface area contributed by atoms with E-state index < -0.39 is 16.2 Å². The molecule has 0 unspecified atom stereocenters. The van der Waals surface area contributed by atoms with Crippen LogP contribution in [-0.2, 0) is 0 Å². The molecule has 0 heterocycles. The summed E-state index contributed by atoms with van der Waals surface area (Å²) in [5, 5.41) is 9.64. The van der Waals surface area contributed by atoms with Crippen molar-refractivity contribution >= 4 is 28.6 Å². The van der Waals surface area contributed by atoms with Crippen molar-refractivity contribution in [2.75, 3.05) is 7.05 Å². The summed E-state index contributed by atoms with van der Waals surface area (Å²) in [6, 6.07) is 5.33. The molecule has 0 aromatic heterocycles. The Morgan fingerprint density at radius 2 is 1.94 bits per heavy atom. The second-order valence-corrected chi connectivity index (χ2v) is 3.21. The molecule has 16 heavy (non-hydrogen) atoms. The van der Waals surface area contributed by atoms with Gasteiger partial charge in [-0.15, -0.1) is 0 Å². The Balaban J connectivity index is 3.18. The Kier molecular flexibility index (Phi) is 3.57. The quantitative estimate of drug-likeness (QED) is 0.344. The summed E-state index contributed by atoms with van der Waals surface area (Å²) in [6.07, 6.45) is 0. The third-order valence-electron chi connectivity index (χ3n) is 1.90. The number of hydrogen-bond acceptors (Lipinski definition) is 4. The van der Waals surface area contributed by atoms with Crippen molar-refractivity contribution in [2.24, 2.45) is 0 Å². The van der Waals surface area contributed by atoms with Gasteiger partial charge in [-0.1, -0.05) is 12.1 Å². The van der Waals surface area contributed by atoms with Crippen LogP contribution in [0.25, 0.3) is 0 Å². The Morgan fingerprint density at radius 1 is 1.38 bits per heavy atom. The molecule has 6 nitrogen and oxygen atoms in total. The zero-order valence-electron chi connectivity index (χ0n) is 8.21. The Morgan fingerprint density at radius 3 is 2.44 bits per heavy atom. The number of para-hydroxylation sites is 1. The lowest BCUT2D eigenvalue weighted by atomic mass is 10.1. The molecule has 0 fully saturated rings. The maximum absolute atomic E-state index is 11.6. The first-order valence-corrected chi connectivity index (χ1v) is 4.54. The zero-order chi connectivity index (χ0) is 12.3. The van der Waals surface area contributed by atoms with Gasteiger partial charge in [-0.05, 0) is 17.7 Å². The molecule has 0 saturated carbocycles. The van der Waals surface area contributed by atoms with Crippen molar-refractivity contribution < 1.29 is 14.5 Å². The predicted octanol–water partition coefficient (Wildman–Crippen LogP) is 2.03. The van der Waals surface area contributed by atoms with Crippen molar-refractivity contribution in [3.05, 3.63) is 39.9 Å². The molecule has 0 aliphatic carbocycles. The number of benzene rings is 1. The summed E-state index contributed by atoms with van der Waals surface area (Å²) < 4.78 is 0. The number of nitrogens with zero attached hydrogens (tertiary/aromatic N) is 2. The summed E-state index contributed by atoms with van der Waals surface area (Å²) in [4.78, 5) is 32.9. The van der Waals surface area contributed by atoms with Crippen molar-refractivity contribution in [1.82, 2.24) is 4.90 Å². The minimum atomic E-state index is -0.997. The minimum absolute atomic E-state index is 0.177. The molecule has 0 bridgehead atoms. The van der Waals surface area contributed by atoms with E-state index in [1.54, 1.807) is 0 Å². The van der Waals surface area contributed by atoms with E-state index in [0.29, 0.717) is 4.90 Å². The number of amides is 2. The van der Waals surface area contributed by atoms with Gasteiger partial charge in [0, 0.05) is 13.1 Å². The van der Waals surface area contributed by atoms with E-state index in [2.05, 4.69) is 0 Å². The van der Waals surface area contributed by atoms with E-state index in [-0.39, 0.29) is 11.3 Å². The molecule has 1 aromatic carbocycles. The molecule has 84 valence electrons. The van der Waals surface area contributed by atoms with Crippen LogP contribution in [0.3, 0.4) is 0 Å². The molecule has 2 amide bonds. The van der Waals surface area contributed by atoms with Crippen LogP contribution in [0.2, 0.25) is 0 Å². The lowest BCUT2D eigenvalue weighted by molar-refractivity contribution is -0.385. The lowest BCUT2D eigenvalue weighted by Crippen LogP contribution is -2.29. The van der Waals surface area contributed by atoms with Gasteiger partial charge in [0.2, 0.25) is 0 Å². The monoisotopic (exact) mass is 242 g/mol. The number of imide groups is 1. The van der Waals surface area contributed by atoms with E-state index >= 15 is 0 Å². The van der Waals surface area contributed by atoms with Gasteiger partial charge >= 0.3 is 5.37 Å². The van der Waals surface area contributed by atoms with Crippen LogP contribution in [0, 0.1) is 10.1 Å². The maximum atomic E-state index is 11.6. The fourth-order valence-electron chi connectivity index (χ4n) is 1.07. The standard InChI is InChI=1S/C9H7ClN2O4/c1-11(9(10)14)8(13)6-4-2-3-5-7(6)12(15)16/h2-5H,1H3.